The van der Waals surface area contributed by atoms with Gasteiger partial charge in [-0.05, 0) is 23.6 Å². The van der Waals surface area contributed by atoms with Gasteiger partial charge in [0.1, 0.15) is 18.6 Å². The second kappa shape index (κ2) is 4.77. The van der Waals surface area contributed by atoms with Crippen LogP contribution < -0.4 is 4.74 Å². The zero-order valence-corrected chi connectivity index (χ0v) is 8.72. The van der Waals surface area contributed by atoms with E-state index in [0.29, 0.717) is 5.56 Å². The Balaban J connectivity index is 2.47. The molecule has 2 aromatic carbocycles. The van der Waals surface area contributed by atoms with Gasteiger partial charge in [-0.25, -0.2) is 0 Å². The van der Waals surface area contributed by atoms with Crippen molar-refractivity contribution in [1.82, 2.24) is 0 Å². The van der Waals surface area contributed by atoms with Gasteiger partial charge in [0.25, 0.3) is 0 Å². The zero-order chi connectivity index (χ0) is 11.4. The Bertz CT molecular complexity index is 506. The first-order valence-corrected chi connectivity index (χ1v) is 5.07. The summed E-state index contributed by atoms with van der Waals surface area (Å²) >= 11 is 0. The highest BCUT2D eigenvalue weighted by atomic mass is 16.5. The minimum Gasteiger partial charge on any atom is -0.491 e. The van der Waals surface area contributed by atoms with Crippen molar-refractivity contribution in [3.8, 4) is 5.75 Å². The Kier molecular flexibility index (Phi) is 3.17. The zero-order valence-electron chi connectivity index (χ0n) is 8.72. The van der Waals surface area contributed by atoms with Crippen molar-refractivity contribution in [2.45, 2.75) is 0 Å². The predicted octanol–water partition coefficient (Wildman–Crippen LogP) is 2.02. The fourth-order valence-electron chi connectivity index (χ4n) is 1.63. The Labute approximate surface area is 93.3 Å². The van der Waals surface area contributed by atoms with Crippen LogP contribution in [0.25, 0.3) is 10.8 Å². The highest BCUT2D eigenvalue weighted by molar-refractivity contribution is 5.92. The largest absolute Gasteiger partial charge is 0.491 e. The lowest BCUT2D eigenvalue weighted by molar-refractivity contribution is 0.112. The number of aliphatic hydroxyl groups is 1. The smallest absolute Gasteiger partial charge is 0.150 e. The molecule has 0 spiro atoms. The molecular formula is C13H12O3. The van der Waals surface area contributed by atoms with Gasteiger partial charge in [-0.1, -0.05) is 18.2 Å². The predicted molar refractivity (Wildman–Crippen MR) is 61.9 cm³/mol. The highest BCUT2D eigenvalue weighted by Crippen LogP contribution is 2.25. The molecule has 0 aromatic heterocycles. The quantitative estimate of drug-likeness (QED) is 0.795. The summed E-state index contributed by atoms with van der Waals surface area (Å²) in [5.41, 5.74) is 0.645. The molecule has 0 aliphatic rings. The number of benzene rings is 2. The van der Waals surface area contributed by atoms with Crippen molar-refractivity contribution in [2.75, 3.05) is 13.2 Å². The number of carbonyl (C=O) groups excluding carboxylic acids is 1. The van der Waals surface area contributed by atoms with Crippen LogP contribution in [0, 0.1) is 0 Å². The Morgan fingerprint density at radius 1 is 1.25 bits per heavy atom. The summed E-state index contributed by atoms with van der Waals surface area (Å²) < 4.78 is 5.40. The average Bonchev–Trinajstić information content (AvgIpc) is 2.35. The lowest BCUT2D eigenvalue weighted by atomic mass is 10.1. The number of fused-ring (bicyclic) bond motifs is 1. The molecule has 0 atom stereocenters. The maximum atomic E-state index is 10.6. The molecule has 1 N–H and O–H groups in total. The van der Waals surface area contributed by atoms with Crippen LogP contribution >= 0.6 is 0 Å². The van der Waals surface area contributed by atoms with E-state index in [0.717, 1.165) is 22.8 Å². The Morgan fingerprint density at radius 3 is 2.88 bits per heavy atom. The first-order valence-electron chi connectivity index (χ1n) is 5.07. The van der Waals surface area contributed by atoms with E-state index in [1.54, 1.807) is 6.07 Å². The molecule has 2 rings (SSSR count). The molecule has 0 amide bonds. The second-order valence-electron chi connectivity index (χ2n) is 3.43. The van der Waals surface area contributed by atoms with E-state index in [9.17, 15) is 4.79 Å². The van der Waals surface area contributed by atoms with Crippen LogP contribution in [0.15, 0.2) is 36.4 Å². The van der Waals surface area contributed by atoms with Crippen LogP contribution in [0.1, 0.15) is 10.4 Å². The lowest BCUT2D eigenvalue weighted by Crippen LogP contribution is -2.01. The molecule has 0 aliphatic heterocycles. The normalized spacial score (nSPS) is 10.3. The van der Waals surface area contributed by atoms with Gasteiger partial charge in [0, 0.05) is 10.9 Å². The summed E-state index contributed by atoms with van der Waals surface area (Å²) in [4.78, 5) is 10.6. The van der Waals surface area contributed by atoms with Gasteiger partial charge >= 0.3 is 0 Å². The molecule has 0 fully saturated rings. The van der Waals surface area contributed by atoms with Gasteiger partial charge in [-0.2, -0.15) is 0 Å². The SMILES string of the molecule is O=Cc1ccc2c(OCCO)cccc2c1. The van der Waals surface area contributed by atoms with Gasteiger partial charge in [-0.3, -0.25) is 4.79 Å². The summed E-state index contributed by atoms with van der Waals surface area (Å²) in [6.07, 6.45) is 0.820. The number of ether oxygens (including phenoxy) is 1. The fourth-order valence-corrected chi connectivity index (χ4v) is 1.63. The van der Waals surface area contributed by atoms with Crippen LogP contribution in [0.4, 0.5) is 0 Å². The number of rotatable bonds is 4. The maximum absolute atomic E-state index is 10.6. The summed E-state index contributed by atoms with van der Waals surface area (Å²) in [6.45, 7) is 0.261. The molecule has 0 unspecified atom stereocenters. The van der Waals surface area contributed by atoms with E-state index in [1.807, 2.05) is 30.3 Å². The molecule has 0 radical (unpaired) electrons. The van der Waals surface area contributed by atoms with Gasteiger partial charge < -0.3 is 9.84 Å². The molecule has 0 bridgehead atoms. The third kappa shape index (κ3) is 2.04. The van der Waals surface area contributed by atoms with Gasteiger partial charge in [0.15, 0.2) is 0 Å². The number of hydrogen-bond acceptors (Lipinski definition) is 3. The van der Waals surface area contributed by atoms with Crippen molar-refractivity contribution < 1.29 is 14.6 Å². The molecule has 16 heavy (non-hydrogen) atoms. The minimum absolute atomic E-state index is 0.0111. The van der Waals surface area contributed by atoms with Crippen molar-refractivity contribution >= 4 is 17.1 Å². The van der Waals surface area contributed by atoms with Gasteiger partial charge in [-0.15, -0.1) is 0 Å². The number of aliphatic hydroxyl groups excluding tert-OH is 1. The lowest BCUT2D eigenvalue weighted by Gasteiger charge is -2.08. The molecule has 3 heteroatoms. The third-order valence-corrected chi connectivity index (χ3v) is 2.35. The topological polar surface area (TPSA) is 46.5 Å². The van der Waals surface area contributed by atoms with E-state index in [-0.39, 0.29) is 13.2 Å². The minimum atomic E-state index is -0.0111. The van der Waals surface area contributed by atoms with Gasteiger partial charge in [0.05, 0.1) is 6.61 Å². The van der Waals surface area contributed by atoms with Crippen molar-refractivity contribution in [2.24, 2.45) is 0 Å². The van der Waals surface area contributed by atoms with E-state index in [2.05, 4.69) is 0 Å². The van der Waals surface area contributed by atoms with Crippen LogP contribution in [0.3, 0.4) is 0 Å². The average molecular weight is 216 g/mol. The maximum Gasteiger partial charge on any atom is 0.150 e. The molecule has 82 valence electrons. The number of hydrogen-bond donors (Lipinski definition) is 1. The molecule has 0 heterocycles. The third-order valence-electron chi connectivity index (χ3n) is 2.35. The summed E-state index contributed by atoms with van der Waals surface area (Å²) in [7, 11) is 0. The van der Waals surface area contributed by atoms with Crippen LogP contribution in [-0.2, 0) is 0 Å². The standard InChI is InChI=1S/C13H12O3/c14-6-7-16-13-3-1-2-11-8-10(9-15)4-5-12(11)13/h1-5,8-9,14H,6-7H2. The highest BCUT2D eigenvalue weighted by Gasteiger charge is 2.02. The van der Waals surface area contributed by atoms with Crippen molar-refractivity contribution in [1.29, 1.82) is 0 Å². The Morgan fingerprint density at radius 2 is 2.12 bits per heavy atom. The second-order valence-corrected chi connectivity index (χ2v) is 3.43. The number of aldehydes is 1. The number of carbonyl (C=O) groups is 1. The first-order chi connectivity index (χ1) is 7.85. The molecule has 0 saturated heterocycles. The van der Waals surface area contributed by atoms with Gasteiger partial charge in [0.2, 0.25) is 0 Å². The van der Waals surface area contributed by atoms with E-state index in [4.69, 9.17) is 9.84 Å². The van der Waals surface area contributed by atoms with Crippen LogP contribution in [0.2, 0.25) is 0 Å². The molecule has 0 saturated carbocycles. The van der Waals surface area contributed by atoms with Crippen LogP contribution in [0.5, 0.6) is 5.75 Å². The fraction of sp³-hybridized carbons (Fsp3) is 0.154. The van der Waals surface area contributed by atoms with Crippen molar-refractivity contribution in [3.05, 3.63) is 42.0 Å². The molecule has 3 nitrogen and oxygen atoms in total. The molecular weight excluding hydrogens is 204 g/mol. The summed E-state index contributed by atoms with van der Waals surface area (Å²) in [6, 6.07) is 11.1. The summed E-state index contributed by atoms with van der Waals surface area (Å²) in [5, 5.41) is 10.6. The molecule has 0 aliphatic carbocycles. The van der Waals surface area contributed by atoms with Crippen molar-refractivity contribution in [3.63, 3.8) is 0 Å². The van der Waals surface area contributed by atoms with Crippen LogP contribution in [-0.4, -0.2) is 24.6 Å². The summed E-state index contributed by atoms with van der Waals surface area (Å²) in [5.74, 6) is 0.726. The Hall–Kier alpha value is -1.87. The van der Waals surface area contributed by atoms with E-state index < -0.39 is 0 Å². The van der Waals surface area contributed by atoms with E-state index in [1.165, 1.54) is 0 Å². The van der Waals surface area contributed by atoms with E-state index >= 15 is 0 Å². The monoisotopic (exact) mass is 216 g/mol. The molecule has 2 aromatic rings. The first kappa shape index (κ1) is 10.6.